The quantitative estimate of drug-likeness (QED) is 0.876. The molecule has 0 aliphatic rings. The molecule has 19 heavy (non-hydrogen) atoms. The van der Waals surface area contributed by atoms with Crippen LogP contribution in [0.5, 0.6) is 0 Å². The fourth-order valence-corrected chi connectivity index (χ4v) is 2.39. The Balaban J connectivity index is 2.12. The number of hydrogen-bond donors (Lipinski definition) is 1. The Kier molecular flexibility index (Phi) is 4.61. The number of rotatable bonds is 6. The standard InChI is InChI=1S/C13H20ClN5/c1-4-11-13(14)12(18(3)17-11)8-19-7-10(16-9-19)5-6-15-2/h7,9,15H,4-6,8H2,1-3H3. The van der Waals surface area contributed by atoms with Crippen LogP contribution in [0.25, 0.3) is 0 Å². The Morgan fingerprint density at radius 3 is 2.84 bits per heavy atom. The van der Waals surface area contributed by atoms with Crippen LogP contribution in [0.3, 0.4) is 0 Å². The summed E-state index contributed by atoms with van der Waals surface area (Å²) in [6.45, 7) is 3.70. The molecule has 0 unspecified atom stereocenters. The molecule has 0 aromatic carbocycles. The van der Waals surface area contributed by atoms with E-state index in [1.165, 1.54) is 0 Å². The molecule has 1 N–H and O–H groups in total. The van der Waals surface area contributed by atoms with E-state index in [0.29, 0.717) is 6.54 Å². The molecule has 0 saturated carbocycles. The summed E-state index contributed by atoms with van der Waals surface area (Å²) < 4.78 is 3.90. The SMILES string of the molecule is CCc1nn(C)c(Cn2cnc(CCNC)c2)c1Cl. The largest absolute Gasteiger partial charge is 0.331 e. The number of aryl methyl sites for hydroxylation is 2. The molecular formula is C13H20ClN5. The molecule has 6 heteroatoms. The van der Waals surface area contributed by atoms with Gasteiger partial charge in [0.15, 0.2) is 0 Å². The number of aromatic nitrogens is 4. The highest BCUT2D eigenvalue weighted by Gasteiger charge is 2.13. The molecule has 0 fully saturated rings. The Bertz CT molecular complexity index is 543. The lowest BCUT2D eigenvalue weighted by Gasteiger charge is -2.03. The van der Waals surface area contributed by atoms with Crippen molar-refractivity contribution in [1.29, 1.82) is 0 Å². The number of halogens is 1. The summed E-state index contributed by atoms with van der Waals surface area (Å²) in [6.07, 6.45) is 5.69. The summed E-state index contributed by atoms with van der Waals surface area (Å²) in [7, 11) is 3.87. The van der Waals surface area contributed by atoms with Gasteiger partial charge in [-0.2, -0.15) is 5.10 Å². The minimum Gasteiger partial charge on any atom is -0.331 e. The zero-order valence-electron chi connectivity index (χ0n) is 11.6. The van der Waals surface area contributed by atoms with E-state index in [2.05, 4.69) is 28.5 Å². The van der Waals surface area contributed by atoms with E-state index in [0.717, 1.165) is 41.5 Å². The number of nitrogens with one attached hydrogen (secondary N) is 1. The molecule has 0 spiro atoms. The number of imidazole rings is 1. The van der Waals surface area contributed by atoms with Crippen molar-refractivity contribution in [3.8, 4) is 0 Å². The van der Waals surface area contributed by atoms with Crippen LogP contribution in [-0.2, 0) is 26.4 Å². The highest BCUT2D eigenvalue weighted by Crippen LogP contribution is 2.21. The lowest BCUT2D eigenvalue weighted by Crippen LogP contribution is -2.10. The second-order valence-electron chi connectivity index (χ2n) is 4.58. The van der Waals surface area contributed by atoms with Gasteiger partial charge in [0.1, 0.15) is 0 Å². The van der Waals surface area contributed by atoms with Crippen LogP contribution in [0.2, 0.25) is 5.02 Å². The first kappa shape index (κ1) is 14.1. The number of hydrogen-bond acceptors (Lipinski definition) is 3. The van der Waals surface area contributed by atoms with Crippen LogP contribution < -0.4 is 5.32 Å². The summed E-state index contributed by atoms with van der Waals surface area (Å²) in [6, 6.07) is 0. The zero-order valence-corrected chi connectivity index (χ0v) is 12.4. The van der Waals surface area contributed by atoms with Gasteiger partial charge in [0.05, 0.1) is 35.0 Å². The molecule has 0 amide bonds. The van der Waals surface area contributed by atoms with Gasteiger partial charge in [-0.15, -0.1) is 0 Å². The Morgan fingerprint density at radius 2 is 2.21 bits per heavy atom. The third-order valence-corrected chi connectivity index (χ3v) is 3.59. The van der Waals surface area contributed by atoms with Crippen molar-refractivity contribution in [2.45, 2.75) is 26.3 Å². The molecule has 2 heterocycles. The first-order chi connectivity index (χ1) is 9.15. The van der Waals surface area contributed by atoms with Gasteiger partial charge in [-0.1, -0.05) is 18.5 Å². The van der Waals surface area contributed by atoms with Crippen molar-refractivity contribution in [2.24, 2.45) is 7.05 Å². The molecule has 0 bridgehead atoms. The summed E-state index contributed by atoms with van der Waals surface area (Å²) >= 11 is 6.34. The minimum absolute atomic E-state index is 0.703. The van der Waals surface area contributed by atoms with Crippen molar-refractivity contribution in [3.63, 3.8) is 0 Å². The van der Waals surface area contributed by atoms with E-state index in [1.54, 1.807) is 0 Å². The smallest absolute Gasteiger partial charge is 0.0953 e. The molecule has 0 atom stereocenters. The molecule has 2 aromatic heterocycles. The maximum atomic E-state index is 6.34. The van der Waals surface area contributed by atoms with E-state index in [1.807, 2.05) is 29.7 Å². The van der Waals surface area contributed by atoms with Crippen molar-refractivity contribution >= 4 is 11.6 Å². The van der Waals surface area contributed by atoms with E-state index < -0.39 is 0 Å². The molecular weight excluding hydrogens is 262 g/mol. The van der Waals surface area contributed by atoms with Crippen LogP contribution in [0.15, 0.2) is 12.5 Å². The molecule has 0 radical (unpaired) electrons. The monoisotopic (exact) mass is 281 g/mol. The molecule has 0 aliphatic carbocycles. The molecule has 5 nitrogen and oxygen atoms in total. The lowest BCUT2D eigenvalue weighted by molar-refractivity contribution is 0.660. The predicted molar refractivity (Wildman–Crippen MR) is 76.6 cm³/mol. The third-order valence-electron chi connectivity index (χ3n) is 3.15. The Hall–Kier alpha value is -1.33. The normalized spacial score (nSPS) is 11.2. The van der Waals surface area contributed by atoms with Crippen LogP contribution >= 0.6 is 11.6 Å². The van der Waals surface area contributed by atoms with Gasteiger partial charge in [0.2, 0.25) is 0 Å². The highest BCUT2D eigenvalue weighted by atomic mass is 35.5. The average molecular weight is 282 g/mol. The lowest BCUT2D eigenvalue weighted by atomic mass is 10.3. The molecule has 0 aliphatic heterocycles. The van der Waals surface area contributed by atoms with E-state index in [-0.39, 0.29) is 0 Å². The minimum atomic E-state index is 0.703. The van der Waals surface area contributed by atoms with Gasteiger partial charge in [0, 0.05) is 26.2 Å². The Morgan fingerprint density at radius 1 is 1.42 bits per heavy atom. The van der Waals surface area contributed by atoms with Gasteiger partial charge in [0.25, 0.3) is 0 Å². The summed E-state index contributed by atoms with van der Waals surface area (Å²) in [5.74, 6) is 0. The van der Waals surface area contributed by atoms with E-state index in [4.69, 9.17) is 11.6 Å². The third kappa shape index (κ3) is 3.16. The van der Waals surface area contributed by atoms with Crippen LogP contribution in [0, 0.1) is 0 Å². The molecule has 104 valence electrons. The molecule has 2 rings (SSSR count). The van der Waals surface area contributed by atoms with Crippen LogP contribution in [0.4, 0.5) is 0 Å². The topological polar surface area (TPSA) is 47.7 Å². The first-order valence-electron chi connectivity index (χ1n) is 6.51. The van der Waals surface area contributed by atoms with Crippen molar-refractivity contribution in [2.75, 3.05) is 13.6 Å². The summed E-state index contributed by atoms with van der Waals surface area (Å²) in [4.78, 5) is 4.39. The summed E-state index contributed by atoms with van der Waals surface area (Å²) in [5.41, 5.74) is 3.06. The maximum Gasteiger partial charge on any atom is 0.0953 e. The highest BCUT2D eigenvalue weighted by molar-refractivity contribution is 6.31. The van der Waals surface area contributed by atoms with Crippen molar-refractivity contribution in [3.05, 3.63) is 34.6 Å². The number of likely N-dealkylation sites (N-methyl/N-ethyl adjacent to an activating group) is 1. The second-order valence-corrected chi connectivity index (χ2v) is 4.95. The van der Waals surface area contributed by atoms with E-state index >= 15 is 0 Å². The van der Waals surface area contributed by atoms with Crippen molar-refractivity contribution < 1.29 is 0 Å². The molecule has 0 saturated heterocycles. The van der Waals surface area contributed by atoms with Crippen molar-refractivity contribution in [1.82, 2.24) is 24.6 Å². The Labute approximate surface area is 118 Å². The second kappa shape index (κ2) is 6.21. The van der Waals surface area contributed by atoms with Crippen LogP contribution in [-0.4, -0.2) is 32.9 Å². The van der Waals surface area contributed by atoms with Gasteiger partial charge in [-0.25, -0.2) is 4.98 Å². The number of nitrogens with zero attached hydrogens (tertiary/aromatic N) is 4. The van der Waals surface area contributed by atoms with Gasteiger partial charge in [-0.05, 0) is 13.5 Å². The average Bonchev–Trinajstić information content (AvgIpc) is 2.96. The van der Waals surface area contributed by atoms with Gasteiger partial charge < -0.3 is 9.88 Å². The first-order valence-corrected chi connectivity index (χ1v) is 6.89. The maximum absolute atomic E-state index is 6.34. The van der Waals surface area contributed by atoms with E-state index in [9.17, 15) is 0 Å². The van der Waals surface area contributed by atoms with Crippen LogP contribution in [0.1, 0.15) is 24.0 Å². The van der Waals surface area contributed by atoms with Gasteiger partial charge >= 0.3 is 0 Å². The summed E-state index contributed by atoms with van der Waals surface area (Å²) in [5, 5.41) is 8.32. The fraction of sp³-hybridized carbons (Fsp3) is 0.538. The zero-order chi connectivity index (χ0) is 13.8. The fourth-order valence-electron chi connectivity index (χ4n) is 2.04. The predicted octanol–water partition coefficient (Wildman–Crippen LogP) is 1.64. The van der Waals surface area contributed by atoms with Gasteiger partial charge in [-0.3, -0.25) is 4.68 Å². The molecule has 2 aromatic rings.